The van der Waals surface area contributed by atoms with Crippen LogP contribution in [0, 0.1) is 0 Å². The summed E-state index contributed by atoms with van der Waals surface area (Å²) in [5.41, 5.74) is 7.63. The quantitative estimate of drug-likeness (QED) is 0.857. The van der Waals surface area contributed by atoms with Gasteiger partial charge in [0, 0.05) is 18.7 Å². The highest BCUT2D eigenvalue weighted by molar-refractivity contribution is 5.97. The summed E-state index contributed by atoms with van der Waals surface area (Å²) in [4.78, 5) is 18.3. The molecule has 1 aliphatic heterocycles. The highest BCUT2D eigenvalue weighted by atomic mass is 16.5. The predicted octanol–water partition coefficient (Wildman–Crippen LogP) is 0.627. The number of aromatic nitrogens is 1. The molecule has 0 saturated carbocycles. The number of amides is 1. The molecule has 1 aromatic heterocycles. The van der Waals surface area contributed by atoms with E-state index in [4.69, 9.17) is 14.9 Å². The molecule has 1 unspecified atom stereocenters. The maximum absolute atomic E-state index is 12.5. The molecule has 0 radical (unpaired) electrons. The molecule has 3 rings (SSSR count). The third kappa shape index (κ3) is 2.20. The number of hydrogen-bond acceptors (Lipinski definition) is 5. The topological polar surface area (TPSA) is 81.6 Å². The van der Waals surface area contributed by atoms with Gasteiger partial charge in [-0.3, -0.25) is 4.79 Å². The van der Waals surface area contributed by atoms with E-state index in [2.05, 4.69) is 4.98 Å². The summed E-state index contributed by atoms with van der Waals surface area (Å²) in [6.07, 6.45) is 1.37. The molecule has 0 aliphatic carbocycles. The van der Waals surface area contributed by atoms with Gasteiger partial charge >= 0.3 is 0 Å². The van der Waals surface area contributed by atoms with Crippen molar-refractivity contribution in [1.29, 1.82) is 0 Å². The van der Waals surface area contributed by atoms with E-state index in [9.17, 15) is 4.79 Å². The Morgan fingerprint density at radius 1 is 1.53 bits per heavy atom. The Balaban J connectivity index is 1.89. The number of oxazole rings is 1. The molecule has 1 atom stereocenters. The molecule has 1 aliphatic rings. The molecule has 2 N–H and O–H groups in total. The van der Waals surface area contributed by atoms with Gasteiger partial charge in [-0.25, -0.2) is 4.98 Å². The average Bonchev–Trinajstić information content (AvgIpc) is 2.93. The minimum atomic E-state index is -0.0633. The summed E-state index contributed by atoms with van der Waals surface area (Å²) in [7, 11) is 0. The second-order valence-corrected chi connectivity index (χ2v) is 4.50. The number of carbonyl (C=O) groups is 1. The molecule has 0 bridgehead atoms. The number of nitrogens with zero attached hydrogens (tertiary/aromatic N) is 2. The summed E-state index contributed by atoms with van der Waals surface area (Å²) < 4.78 is 10.6. The number of rotatable bonds is 2. The zero-order valence-electron chi connectivity index (χ0n) is 10.4. The van der Waals surface area contributed by atoms with Gasteiger partial charge < -0.3 is 19.8 Å². The van der Waals surface area contributed by atoms with Crippen molar-refractivity contribution in [2.24, 2.45) is 5.73 Å². The number of ether oxygens (including phenoxy) is 1. The van der Waals surface area contributed by atoms with E-state index in [0.717, 1.165) is 5.52 Å². The van der Waals surface area contributed by atoms with E-state index < -0.39 is 0 Å². The molecule has 6 heteroatoms. The lowest BCUT2D eigenvalue weighted by molar-refractivity contribution is 0.000844. The molecule has 1 aromatic carbocycles. The van der Waals surface area contributed by atoms with Gasteiger partial charge in [0.25, 0.3) is 5.91 Å². The van der Waals surface area contributed by atoms with Crippen LogP contribution in [-0.2, 0) is 4.74 Å². The molecular formula is C13H15N3O3. The van der Waals surface area contributed by atoms with Crippen LogP contribution in [0.5, 0.6) is 0 Å². The van der Waals surface area contributed by atoms with Crippen molar-refractivity contribution < 1.29 is 13.9 Å². The van der Waals surface area contributed by atoms with Crippen LogP contribution < -0.4 is 5.73 Å². The maximum atomic E-state index is 12.5. The van der Waals surface area contributed by atoms with Crippen LogP contribution in [-0.4, -0.2) is 48.1 Å². The minimum absolute atomic E-state index is 0.0444. The van der Waals surface area contributed by atoms with Gasteiger partial charge in [0.15, 0.2) is 12.0 Å². The Morgan fingerprint density at radius 3 is 3.26 bits per heavy atom. The first-order valence-corrected chi connectivity index (χ1v) is 6.21. The van der Waals surface area contributed by atoms with Crippen LogP contribution in [0.1, 0.15) is 10.4 Å². The zero-order chi connectivity index (χ0) is 13.2. The molecule has 1 fully saturated rings. The lowest BCUT2D eigenvalue weighted by atomic mass is 10.1. The van der Waals surface area contributed by atoms with Gasteiger partial charge in [0.1, 0.15) is 5.52 Å². The smallest absolute Gasteiger partial charge is 0.254 e. The molecule has 0 spiro atoms. The summed E-state index contributed by atoms with van der Waals surface area (Å²) >= 11 is 0. The monoisotopic (exact) mass is 261 g/mol. The van der Waals surface area contributed by atoms with Crippen LogP contribution in [0.25, 0.3) is 11.1 Å². The maximum Gasteiger partial charge on any atom is 0.254 e. The Kier molecular flexibility index (Phi) is 3.18. The molecule has 2 aromatic rings. The highest BCUT2D eigenvalue weighted by Gasteiger charge is 2.27. The van der Waals surface area contributed by atoms with E-state index in [1.54, 1.807) is 23.1 Å². The SMILES string of the molecule is NCC1COCCN1C(=O)c1ccc2ncoc2c1. The standard InChI is InChI=1S/C13H15N3O3/c14-6-10-7-18-4-3-16(10)13(17)9-1-2-11-12(5-9)19-8-15-11/h1-2,5,8,10H,3-4,6-7,14H2. The summed E-state index contributed by atoms with van der Waals surface area (Å²) in [5, 5.41) is 0. The van der Waals surface area contributed by atoms with E-state index in [1.807, 2.05) is 0 Å². The van der Waals surface area contributed by atoms with Crippen molar-refractivity contribution >= 4 is 17.0 Å². The molecular weight excluding hydrogens is 246 g/mol. The Hall–Kier alpha value is -1.92. The van der Waals surface area contributed by atoms with Crippen LogP contribution >= 0.6 is 0 Å². The van der Waals surface area contributed by atoms with E-state index >= 15 is 0 Å². The van der Waals surface area contributed by atoms with Crippen LogP contribution in [0.4, 0.5) is 0 Å². The predicted molar refractivity (Wildman–Crippen MR) is 68.7 cm³/mol. The third-order valence-corrected chi connectivity index (χ3v) is 3.34. The van der Waals surface area contributed by atoms with Crippen molar-refractivity contribution in [3.05, 3.63) is 30.2 Å². The normalized spacial score (nSPS) is 19.8. The lowest BCUT2D eigenvalue weighted by Crippen LogP contribution is -2.52. The number of fused-ring (bicyclic) bond motifs is 1. The van der Waals surface area contributed by atoms with Gasteiger partial charge in [0.05, 0.1) is 19.3 Å². The zero-order valence-corrected chi connectivity index (χ0v) is 10.4. The lowest BCUT2D eigenvalue weighted by Gasteiger charge is -2.34. The van der Waals surface area contributed by atoms with Crippen LogP contribution in [0.2, 0.25) is 0 Å². The van der Waals surface area contributed by atoms with Gasteiger partial charge in [-0.05, 0) is 18.2 Å². The molecule has 6 nitrogen and oxygen atoms in total. The second-order valence-electron chi connectivity index (χ2n) is 4.50. The summed E-state index contributed by atoms with van der Waals surface area (Å²) in [6, 6.07) is 5.19. The first kappa shape index (κ1) is 12.1. The first-order chi connectivity index (χ1) is 9.29. The fraction of sp³-hybridized carbons (Fsp3) is 0.385. The second kappa shape index (κ2) is 4.99. The molecule has 1 amide bonds. The van der Waals surface area contributed by atoms with Crippen molar-refractivity contribution in [1.82, 2.24) is 9.88 Å². The fourth-order valence-electron chi connectivity index (χ4n) is 2.27. The van der Waals surface area contributed by atoms with Gasteiger partial charge in [0.2, 0.25) is 0 Å². The molecule has 1 saturated heterocycles. The molecule has 19 heavy (non-hydrogen) atoms. The number of nitrogens with two attached hydrogens (primary N) is 1. The number of benzene rings is 1. The minimum Gasteiger partial charge on any atom is -0.443 e. The number of carbonyl (C=O) groups excluding carboxylic acids is 1. The van der Waals surface area contributed by atoms with Crippen LogP contribution in [0.15, 0.2) is 29.0 Å². The van der Waals surface area contributed by atoms with E-state index in [-0.39, 0.29) is 11.9 Å². The highest BCUT2D eigenvalue weighted by Crippen LogP contribution is 2.17. The number of hydrogen-bond donors (Lipinski definition) is 1. The van der Waals surface area contributed by atoms with Crippen LogP contribution in [0.3, 0.4) is 0 Å². The van der Waals surface area contributed by atoms with Gasteiger partial charge in [-0.15, -0.1) is 0 Å². The largest absolute Gasteiger partial charge is 0.443 e. The van der Waals surface area contributed by atoms with Gasteiger partial charge in [-0.1, -0.05) is 0 Å². The van der Waals surface area contributed by atoms with Crippen molar-refractivity contribution in [2.45, 2.75) is 6.04 Å². The molecule has 2 heterocycles. The molecule has 100 valence electrons. The Morgan fingerprint density at radius 2 is 2.42 bits per heavy atom. The van der Waals surface area contributed by atoms with Crippen molar-refractivity contribution in [3.8, 4) is 0 Å². The van der Waals surface area contributed by atoms with Crippen molar-refractivity contribution in [3.63, 3.8) is 0 Å². The fourth-order valence-corrected chi connectivity index (χ4v) is 2.27. The van der Waals surface area contributed by atoms with Gasteiger partial charge in [-0.2, -0.15) is 0 Å². The Bertz CT molecular complexity index is 596. The average molecular weight is 261 g/mol. The first-order valence-electron chi connectivity index (χ1n) is 6.21. The summed E-state index contributed by atoms with van der Waals surface area (Å²) in [5.74, 6) is -0.0444. The number of morpholine rings is 1. The van der Waals surface area contributed by atoms with Crippen molar-refractivity contribution in [2.75, 3.05) is 26.3 Å². The Labute approximate surface area is 110 Å². The van der Waals surface area contributed by atoms with E-state index in [1.165, 1.54) is 6.39 Å². The summed E-state index contributed by atoms with van der Waals surface area (Å²) in [6.45, 7) is 2.00. The third-order valence-electron chi connectivity index (χ3n) is 3.34. The van der Waals surface area contributed by atoms with E-state index in [0.29, 0.717) is 37.4 Å².